The van der Waals surface area contributed by atoms with Crippen LogP contribution in [0.2, 0.25) is 0 Å². The van der Waals surface area contributed by atoms with Gasteiger partial charge in [0.1, 0.15) is 11.4 Å². The zero-order valence-corrected chi connectivity index (χ0v) is 24.4. The number of allylic oxidation sites excluding steroid dienone is 4. The van der Waals surface area contributed by atoms with Crippen LogP contribution in [0.1, 0.15) is 73.7 Å². The summed E-state index contributed by atoms with van der Waals surface area (Å²) in [6.07, 6.45) is -3.17. The van der Waals surface area contributed by atoms with Crippen LogP contribution in [-0.4, -0.2) is 41.6 Å². The quantitative estimate of drug-likeness (QED) is 0.337. The number of ether oxygens (including phenoxy) is 1. The minimum Gasteiger partial charge on any atom is -0.495 e. The van der Waals surface area contributed by atoms with Gasteiger partial charge in [0.05, 0.1) is 12.8 Å². The molecule has 2 saturated carbocycles. The molecule has 234 valence electrons. The molecule has 4 aliphatic rings. The summed E-state index contributed by atoms with van der Waals surface area (Å²) < 4.78 is 77.0. The number of rotatable bonds is 5. The van der Waals surface area contributed by atoms with Crippen molar-refractivity contribution in [1.82, 2.24) is 0 Å². The summed E-state index contributed by atoms with van der Waals surface area (Å²) in [5.41, 5.74) is -0.683. The van der Waals surface area contributed by atoms with Crippen LogP contribution >= 0.6 is 0 Å². The minimum atomic E-state index is -5.91. The van der Waals surface area contributed by atoms with Crippen molar-refractivity contribution in [3.05, 3.63) is 82.5 Å². The van der Waals surface area contributed by atoms with E-state index in [0.717, 1.165) is 16.7 Å². The Labute approximate surface area is 252 Å². The van der Waals surface area contributed by atoms with Crippen LogP contribution in [0.25, 0.3) is 0 Å². The van der Waals surface area contributed by atoms with Gasteiger partial charge in [-0.15, -0.1) is 0 Å². The Kier molecular flexibility index (Phi) is 7.30. The summed E-state index contributed by atoms with van der Waals surface area (Å²) >= 11 is 0. The Morgan fingerprint density at radius 3 is 2.39 bits per heavy atom. The van der Waals surface area contributed by atoms with Gasteiger partial charge in [-0.05, 0) is 97.4 Å². The van der Waals surface area contributed by atoms with Crippen LogP contribution in [0.4, 0.5) is 27.6 Å². The van der Waals surface area contributed by atoms with Crippen molar-refractivity contribution in [2.24, 2.45) is 17.3 Å². The second kappa shape index (κ2) is 10.5. The van der Waals surface area contributed by atoms with Crippen LogP contribution < -0.4 is 10.1 Å². The summed E-state index contributed by atoms with van der Waals surface area (Å²) in [5, 5.41) is 14.2. The van der Waals surface area contributed by atoms with Crippen LogP contribution in [-0.2, 0) is 4.79 Å². The summed E-state index contributed by atoms with van der Waals surface area (Å²) in [6.45, 7) is 1.39. The Hall–Kier alpha value is -3.53. The van der Waals surface area contributed by atoms with Crippen molar-refractivity contribution in [1.29, 1.82) is 0 Å². The lowest BCUT2D eigenvalue weighted by atomic mass is 9.50. The van der Waals surface area contributed by atoms with Crippen LogP contribution in [0.5, 0.6) is 5.75 Å². The number of ketones is 1. The molecule has 0 bridgehead atoms. The Balaban J connectivity index is 1.41. The first-order valence-corrected chi connectivity index (χ1v) is 14.9. The molecule has 10 heteroatoms. The number of amides is 1. The van der Waals surface area contributed by atoms with E-state index >= 15 is 8.78 Å². The molecule has 0 saturated heterocycles. The lowest BCUT2D eigenvalue weighted by Crippen LogP contribution is -2.65. The number of carbonyl (C=O) groups is 2. The van der Waals surface area contributed by atoms with E-state index in [2.05, 4.69) is 5.32 Å². The molecule has 2 unspecified atom stereocenters. The third-order valence-electron chi connectivity index (χ3n) is 10.7. The second-order valence-electron chi connectivity index (χ2n) is 12.7. The molecule has 0 heterocycles. The molecule has 0 aliphatic heterocycles. The Morgan fingerprint density at radius 1 is 1.00 bits per heavy atom. The minimum absolute atomic E-state index is 0.0190. The highest BCUT2D eigenvalue weighted by Gasteiger charge is 2.79. The highest BCUT2D eigenvalue weighted by atomic mass is 19.4. The van der Waals surface area contributed by atoms with Gasteiger partial charge in [-0.1, -0.05) is 36.8 Å². The van der Waals surface area contributed by atoms with Crippen molar-refractivity contribution in [3.63, 3.8) is 0 Å². The maximum atomic E-state index is 15.2. The first kappa shape index (κ1) is 30.5. The molecule has 5 atom stereocenters. The summed E-state index contributed by atoms with van der Waals surface area (Å²) in [6, 6.07) is 13.5. The van der Waals surface area contributed by atoms with Crippen molar-refractivity contribution in [2.45, 2.75) is 75.5 Å². The number of hydrogen-bond acceptors (Lipinski definition) is 4. The SMILES string of the molecule is COc1ccccc1NC(=O)c1ccc([C@H]2C[C@@]3(C)C(CC[C@]3(O)C(F)(F)C(F)(F)F)C3CCC4=CC(=O)CCC4=C32)cc1. The predicted molar refractivity (Wildman–Crippen MR) is 154 cm³/mol. The third-order valence-corrected chi connectivity index (χ3v) is 10.7. The van der Waals surface area contributed by atoms with Crippen molar-refractivity contribution < 1.29 is 41.4 Å². The molecule has 44 heavy (non-hydrogen) atoms. The fourth-order valence-corrected chi connectivity index (χ4v) is 8.52. The molecule has 0 radical (unpaired) electrons. The van der Waals surface area contributed by atoms with Gasteiger partial charge in [0.2, 0.25) is 0 Å². The first-order chi connectivity index (χ1) is 20.7. The molecular formula is C34H34F5NO4. The highest BCUT2D eigenvalue weighted by Crippen LogP contribution is 2.70. The maximum absolute atomic E-state index is 15.2. The van der Waals surface area contributed by atoms with Crippen molar-refractivity contribution in [3.8, 4) is 5.75 Å². The molecule has 2 aromatic rings. The molecule has 1 amide bonds. The molecule has 4 aliphatic carbocycles. The number of carbonyl (C=O) groups excluding carboxylic acids is 2. The van der Waals surface area contributed by atoms with E-state index in [1.165, 1.54) is 14.0 Å². The number of alkyl halides is 5. The highest BCUT2D eigenvalue weighted by molar-refractivity contribution is 6.05. The molecule has 2 aromatic carbocycles. The lowest BCUT2D eigenvalue weighted by molar-refractivity contribution is -0.362. The molecular weight excluding hydrogens is 581 g/mol. The lowest BCUT2D eigenvalue weighted by Gasteiger charge is -2.56. The molecule has 2 N–H and O–H groups in total. The molecule has 0 aromatic heterocycles. The predicted octanol–water partition coefficient (Wildman–Crippen LogP) is 7.78. The number of para-hydroxylation sites is 2. The van der Waals surface area contributed by atoms with E-state index in [4.69, 9.17) is 4.74 Å². The third kappa shape index (κ3) is 4.51. The smallest absolute Gasteiger partial charge is 0.456 e. The fraction of sp³-hybridized carbons (Fsp3) is 0.471. The molecule has 0 spiro atoms. The monoisotopic (exact) mass is 615 g/mol. The normalized spacial score (nSPS) is 30.2. The number of fused-ring (bicyclic) bond motifs is 4. The van der Waals surface area contributed by atoms with E-state index < -0.39 is 47.3 Å². The van der Waals surface area contributed by atoms with E-state index in [0.29, 0.717) is 48.2 Å². The van der Waals surface area contributed by atoms with E-state index in [1.807, 2.05) is 0 Å². The summed E-state index contributed by atoms with van der Waals surface area (Å²) in [4.78, 5) is 25.3. The topological polar surface area (TPSA) is 75.6 Å². The first-order valence-electron chi connectivity index (χ1n) is 14.9. The van der Waals surface area contributed by atoms with Gasteiger partial charge in [-0.3, -0.25) is 9.59 Å². The standard InChI is InChI=1S/C34H34F5NO4/c1-31-18-25(19-7-9-20(10-8-19)30(42)40-27-5-3-4-6-28(27)44-2)29-23-14-12-22(41)17-21(23)11-13-24(29)26(31)15-16-32(31,43)33(35,36)34(37,38)39/h3-10,17,24-26,43H,11-16,18H2,1-2H3,(H,40,42)/t24?,25-,26?,31+,32-/m1/s1. The van der Waals surface area contributed by atoms with Gasteiger partial charge in [0, 0.05) is 23.3 Å². The average Bonchev–Trinajstić information content (AvgIpc) is 3.27. The number of aliphatic hydroxyl groups is 1. The largest absolute Gasteiger partial charge is 0.495 e. The van der Waals surface area contributed by atoms with Gasteiger partial charge >= 0.3 is 12.1 Å². The molecule has 6 rings (SSSR count). The van der Waals surface area contributed by atoms with E-state index in [1.54, 1.807) is 54.6 Å². The maximum Gasteiger partial charge on any atom is 0.456 e. The molecule has 2 fully saturated rings. The van der Waals surface area contributed by atoms with Crippen molar-refractivity contribution in [2.75, 3.05) is 12.4 Å². The number of hydrogen-bond donors (Lipinski definition) is 2. The number of benzene rings is 2. The molecule has 5 nitrogen and oxygen atoms in total. The van der Waals surface area contributed by atoms with Gasteiger partial charge < -0.3 is 15.2 Å². The van der Waals surface area contributed by atoms with Crippen LogP contribution in [0, 0.1) is 17.3 Å². The van der Waals surface area contributed by atoms with Crippen LogP contribution in [0.3, 0.4) is 0 Å². The number of halogens is 5. The second-order valence-corrected chi connectivity index (χ2v) is 12.7. The Morgan fingerprint density at radius 2 is 1.70 bits per heavy atom. The van der Waals surface area contributed by atoms with Gasteiger partial charge in [-0.2, -0.15) is 22.0 Å². The zero-order valence-electron chi connectivity index (χ0n) is 24.4. The number of nitrogens with one attached hydrogen (secondary N) is 1. The zero-order chi connectivity index (χ0) is 31.7. The summed E-state index contributed by atoms with van der Waals surface area (Å²) in [5.74, 6) is -6.67. The fourth-order valence-electron chi connectivity index (χ4n) is 8.52. The average molecular weight is 616 g/mol. The van der Waals surface area contributed by atoms with Crippen LogP contribution in [0.15, 0.2) is 71.3 Å². The number of methoxy groups -OCH3 is 1. The van der Waals surface area contributed by atoms with Gasteiger partial charge in [0.25, 0.3) is 5.91 Å². The Bertz CT molecular complexity index is 1560. The van der Waals surface area contributed by atoms with E-state index in [9.17, 15) is 27.9 Å². The van der Waals surface area contributed by atoms with Gasteiger partial charge in [0.15, 0.2) is 5.78 Å². The van der Waals surface area contributed by atoms with Crippen molar-refractivity contribution >= 4 is 17.4 Å². The summed E-state index contributed by atoms with van der Waals surface area (Å²) in [7, 11) is 1.49. The number of anilines is 1. The van der Waals surface area contributed by atoms with E-state index in [-0.39, 0.29) is 24.5 Å². The van der Waals surface area contributed by atoms with Gasteiger partial charge in [-0.25, -0.2) is 0 Å².